The van der Waals surface area contributed by atoms with Crippen molar-refractivity contribution in [2.45, 2.75) is 20.4 Å². The van der Waals surface area contributed by atoms with Gasteiger partial charge in [-0.25, -0.2) is 9.97 Å². The highest BCUT2D eigenvalue weighted by atomic mass is 32.1. The smallest absolute Gasteiger partial charge is 0.254 e. The number of hydrogen-bond acceptors (Lipinski definition) is 6. The van der Waals surface area contributed by atoms with Gasteiger partial charge in [0.15, 0.2) is 0 Å². The summed E-state index contributed by atoms with van der Waals surface area (Å²) in [6, 6.07) is 22.5. The zero-order chi connectivity index (χ0) is 25.1. The molecule has 0 saturated carbocycles. The number of amides is 1. The number of nitrogens with one attached hydrogen (secondary N) is 1. The fourth-order valence-corrected chi connectivity index (χ4v) is 4.87. The average molecular weight is 497 g/mol. The standard InChI is InChI=1S/C28H24N4O3S/c1-3-35-22-11-7-19(8-12-22)24-15-27(34)32(17-29-24)16-26(33)30-21-9-5-20(6-10-21)28-31-23-13-4-18(2)14-25(23)36-28/h4-15,17H,3,16H2,1-2H3,(H,30,33). The molecule has 1 amide bonds. The fourth-order valence-electron chi connectivity index (χ4n) is 3.80. The van der Waals surface area contributed by atoms with Crippen molar-refractivity contribution in [3.63, 3.8) is 0 Å². The molecule has 0 unspecified atom stereocenters. The predicted octanol–water partition coefficient (Wildman–Crippen LogP) is 5.53. The van der Waals surface area contributed by atoms with Crippen molar-refractivity contribution in [1.29, 1.82) is 0 Å². The first-order valence-electron chi connectivity index (χ1n) is 11.6. The summed E-state index contributed by atoms with van der Waals surface area (Å²) in [5.74, 6) is 0.449. The largest absolute Gasteiger partial charge is 0.494 e. The number of nitrogens with zero attached hydrogens (tertiary/aromatic N) is 3. The van der Waals surface area contributed by atoms with Crippen LogP contribution in [0.25, 0.3) is 32.0 Å². The summed E-state index contributed by atoms with van der Waals surface area (Å²) in [5, 5.41) is 3.77. The van der Waals surface area contributed by atoms with E-state index in [2.05, 4.69) is 29.4 Å². The molecule has 0 aliphatic heterocycles. The lowest BCUT2D eigenvalue weighted by molar-refractivity contribution is -0.116. The Morgan fingerprint density at radius 2 is 1.75 bits per heavy atom. The Morgan fingerprint density at radius 1 is 1.00 bits per heavy atom. The minimum atomic E-state index is -0.309. The van der Waals surface area contributed by atoms with Gasteiger partial charge in [0.1, 0.15) is 17.3 Å². The van der Waals surface area contributed by atoms with Crippen LogP contribution in [0, 0.1) is 6.92 Å². The van der Waals surface area contributed by atoms with E-state index in [1.54, 1.807) is 11.3 Å². The molecule has 1 N–H and O–H groups in total. The second-order valence-corrected chi connectivity index (χ2v) is 9.34. The minimum Gasteiger partial charge on any atom is -0.494 e. The molecule has 7 nitrogen and oxygen atoms in total. The number of carbonyl (C=O) groups excluding carboxylic acids is 1. The van der Waals surface area contributed by atoms with E-state index in [4.69, 9.17) is 9.72 Å². The van der Waals surface area contributed by atoms with Crippen molar-refractivity contribution in [3.05, 3.63) is 95.0 Å². The summed E-state index contributed by atoms with van der Waals surface area (Å²) >= 11 is 1.64. The lowest BCUT2D eigenvalue weighted by Crippen LogP contribution is -2.27. The molecule has 0 bridgehead atoms. The van der Waals surface area contributed by atoms with Gasteiger partial charge in [-0.1, -0.05) is 6.07 Å². The molecule has 3 aromatic carbocycles. The monoisotopic (exact) mass is 496 g/mol. The third kappa shape index (κ3) is 5.18. The van der Waals surface area contributed by atoms with Gasteiger partial charge in [-0.3, -0.25) is 14.2 Å². The SMILES string of the molecule is CCOc1ccc(-c2cc(=O)n(CC(=O)Nc3ccc(-c4nc5ccc(C)cc5s4)cc3)cn2)cc1. The molecule has 2 aromatic heterocycles. The highest BCUT2D eigenvalue weighted by Gasteiger charge is 2.10. The van der Waals surface area contributed by atoms with Crippen molar-refractivity contribution in [1.82, 2.24) is 14.5 Å². The molecule has 0 spiro atoms. The lowest BCUT2D eigenvalue weighted by atomic mass is 10.1. The first kappa shape index (κ1) is 23.4. The average Bonchev–Trinajstić information content (AvgIpc) is 3.29. The molecule has 180 valence electrons. The molecule has 0 aliphatic carbocycles. The van der Waals surface area contributed by atoms with E-state index < -0.39 is 0 Å². The van der Waals surface area contributed by atoms with Crippen molar-refractivity contribution in [2.75, 3.05) is 11.9 Å². The predicted molar refractivity (Wildman–Crippen MR) is 144 cm³/mol. The highest BCUT2D eigenvalue weighted by molar-refractivity contribution is 7.21. The third-order valence-electron chi connectivity index (χ3n) is 5.61. The number of aromatic nitrogens is 3. The second kappa shape index (κ2) is 10.1. The van der Waals surface area contributed by atoms with Crippen LogP contribution in [0.4, 0.5) is 5.69 Å². The first-order valence-corrected chi connectivity index (χ1v) is 12.4. The molecule has 5 rings (SSSR count). The zero-order valence-electron chi connectivity index (χ0n) is 19.9. The van der Waals surface area contributed by atoms with Gasteiger partial charge in [-0.15, -0.1) is 11.3 Å². The van der Waals surface area contributed by atoms with E-state index in [1.807, 2.05) is 61.5 Å². The summed E-state index contributed by atoms with van der Waals surface area (Å²) < 4.78 is 7.87. The molecule has 5 aromatic rings. The van der Waals surface area contributed by atoms with Gasteiger partial charge in [0.25, 0.3) is 5.56 Å². The van der Waals surface area contributed by atoms with Crippen molar-refractivity contribution in [2.24, 2.45) is 0 Å². The van der Waals surface area contributed by atoms with E-state index in [1.165, 1.54) is 22.5 Å². The van der Waals surface area contributed by atoms with E-state index in [0.29, 0.717) is 18.0 Å². The van der Waals surface area contributed by atoms with Crippen molar-refractivity contribution < 1.29 is 9.53 Å². The van der Waals surface area contributed by atoms with Gasteiger partial charge in [0, 0.05) is 22.9 Å². The van der Waals surface area contributed by atoms with Gasteiger partial charge in [-0.05, 0) is 80.1 Å². The van der Waals surface area contributed by atoms with Crippen LogP contribution >= 0.6 is 11.3 Å². The second-order valence-electron chi connectivity index (χ2n) is 8.31. The number of aryl methyl sites for hydroxylation is 1. The molecule has 0 saturated heterocycles. The topological polar surface area (TPSA) is 86.1 Å². The highest BCUT2D eigenvalue weighted by Crippen LogP contribution is 2.31. The van der Waals surface area contributed by atoms with E-state index >= 15 is 0 Å². The van der Waals surface area contributed by atoms with E-state index in [9.17, 15) is 9.59 Å². The van der Waals surface area contributed by atoms with Crippen LogP contribution in [0.15, 0.2) is 83.9 Å². The van der Waals surface area contributed by atoms with Gasteiger partial charge >= 0.3 is 0 Å². The molecule has 0 atom stereocenters. The maximum absolute atomic E-state index is 12.6. The quantitative estimate of drug-likeness (QED) is 0.320. The first-order chi connectivity index (χ1) is 17.5. The summed E-state index contributed by atoms with van der Waals surface area (Å²) in [4.78, 5) is 34.2. The van der Waals surface area contributed by atoms with Gasteiger partial charge in [0.05, 0.1) is 28.8 Å². The third-order valence-corrected chi connectivity index (χ3v) is 6.68. The Kier molecular flexibility index (Phi) is 6.60. The number of hydrogen-bond donors (Lipinski definition) is 1. The van der Waals surface area contributed by atoms with Gasteiger partial charge < -0.3 is 10.1 Å². The molecular weight excluding hydrogens is 472 g/mol. The maximum Gasteiger partial charge on any atom is 0.254 e. The minimum absolute atomic E-state index is 0.131. The summed E-state index contributed by atoms with van der Waals surface area (Å²) in [6.07, 6.45) is 1.39. The van der Waals surface area contributed by atoms with Gasteiger partial charge in [-0.2, -0.15) is 0 Å². The van der Waals surface area contributed by atoms with Crippen LogP contribution in [-0.4, -0.2) is 27.0 Å². The van der Waals surface area contributed by atoms with Gasteiger partial charge in [0.2, 0.25) is 5.91 Å². The number of rotatable bonds is 7. The molecule has 0 radical (unpaired) electrons. The van der Waals surface area contributed by atoms with Crippen molar-refractivity contribution >= 4 is 33.1 Å². The Hall–Kier alpha value is -4.30. The van der Waals surface area contributed by atoms with Crippen LogP contribution in [0.1, 0.15) is 12.5 Å². The number of anilines is 1. The van der Waals surface area contributed by atoms with Crippen LogP contribution in [0.5, 0.6) is 5.75 Å². The number of benzene rings is 3. The van der Waals surface area contributed by atoms with Crippen LogP contribution in [0.2, 0.25) is 0 Å². The summed E-state index contributed by atoms with van der Waals surface area (Å²) in [6.45, 7) is 4.44. The van der Waals surface area contributed by atoms with E-state index in [0.717, 1.165) is 32.1 Å². The lowest BCUT2D eigenvalue weighted by Gasteiger charge is -2.09. The van der Waals surface area contributed by atoms with Crippen LogP contribution in [0.3, 0.4) is 0 Å². The molecule has 2 heterocycles. The number of thiazole rings is 1. The maximum atomic E-state index is 12.6. The fraction of sp³-hybridized carbons (Fsp3) is 0.143. The molecule has 8 heteroatoms. The van der Waals surface area contributed by atoms with Crippen LogP contribution < -0.4 is 15.6 Å². The number of carbonyl (C=O) groups is 1. The zero-order valence-corrected chi connectivity index (χ0v) is 20.7. The van der Waals surface area contributed by atoms with Crippen molar-refractivity contribution in [3.8, 4) is 27.6 Å². The Labute approximate surface area is 212 Å². The molecular formula is C28H24N4O3S. The summed E-state index contributed by atoms with van der Waals surface area (Å²) in [7, 11) is 0. The van der Waals surface area contributed by atoms with E-state index in [-0.39, 0.29) is 18.0 Å². The molecule has 0 aliphatic rings. The Bertz CT molecular complexity index is 1590. The normalized spacial score (nSPS) is 10.9. The van der Waals surface area contributed by atoms with Crippen LogP contribution in [-0.2, 0) is 11.3 Å². The summed E-state index contributed by atoms with van der Waals surface area (Å²) in [5.41, 5.74) is 4.85. The molecule has 36 heavy (non-hydrogen) atoms. The Balaban J connectivity index is 1.24. The Morgan fingerprint density at radius 3 is 2.47 bits per heavy atom. The molecule has 0 fully saturated rings. The number of fused-ring (bicyclic) bond motifs is 1. The number of ether oxygens (including phenoxy) is 1.